The van der Waals surface area contributed by atoms with Gasteiger partial charge in [0.15, 0.2) is 0 Å². The molecule has 1 saturated heterocycles. The van der Waals surface area contributed by atoms with Crippen LogP contribution in [0.3, 0.4) is 0 Å². The number of rotatable bonds is 2. The van der Waals surface area contributed by atoms with Gasteiger partial charge >= 0.3 is 0 Å². The van der Waals surface area contributed by atoms with Crippen molar-refractivity contribution in [2.75, 3.05) is 13.1 Å². The fourth-order valence-electron chi connectivity index (χ4n) is 3.65. The first-order valence-corrected chi connectivity index (χ1v) is 7.81. The Hall–Kier alpha value is -0.280. The second-order valence-electron chi connectivity index (χ2n) is 5.91. The average Bonchev–Trinajstić information content (AvgIpc) is 2.78. The summed E-state index contributed by atoms with van der Waals surface area (Å²) in [5, 5.41) is 1.54. The van der Waals surface area contributed by atoms with Crippen LogP contribution in [0.1, 0.15) is 24.8 Å². The molecule has 2 N–H and O–H groups in total. The highest BCUT2D eigenvalue weighted by atomic mass is 35.5. The zero-order chi connectivity index (χ0) is 13.4. The van der Waals surface area contributed by atoms with Gasteiger partial charge in [-0.05, 0) is 36.8 Å². The quantitative estimate of drug-likeness (QED) is 0.905. The van der Waals surface area contributed by atoms with E-state index in [2.05, 4.69) is 4.90 Å². The van der Waals surface area contributed by atoms with Gasteiger partial charge in [-0.25, -0.2) is 0 Å². The SMILES string of the molecule is NC1CCCC2CN(Cc3c(Cl)cccc3Cl)CC12. The lowest BCUT2D eigenvalue weighted by molar-refractivity contribution is 0.259. The molecular formula is C15H20Cl2N2. The third-order valence-corrected chi connectivity index (χ3v) is 5.38. The van der Waals surface area contributed by atoms with Gasteiger partial charge in [-0.15, -0.1) is 0 Å². The summed E-state index contributed by atoms with van der Waals surface area (Å²) < 4.78 is 0. The van der Waals surface area contributed by atoms with Crippen LogP contribution in [-0.4, -0.2) is 24.0 Å². The summed E-state index contributed by atoms with van der Waals surface area (Å²) in [5.74, 6) is 1.43. The van der Waals surface area contributed by atoms with E-state index >= 15 is 0 Å². The first-order chi connectivity index (χ1) is 9.15. The lowest BCUT2D eigenvalue weighted by atomic mass is 9.78. The average molecular weight is 299 g/mol. The Kier molecular flexibility index (Phi) is 4.04. The Morgan fingerprint density at radius 1 is 1.16 bits per heavy atom. The molecule has 2 nitrogen and oxygen atoms in total. The maximum absolute atomic E-state index is 6.26. The third-order valence-electron chi connectivity index (χ3n) is 4.67. The second kappa shape index (κ2) is 5.61. The number of nitrogens with zero attached hydrogens (tertiary/aromatic N) is 1. The minimum absolute atomic E-state index is 0.380. The molecule has 1 heterocycles. The van der Waals surface area contributed by atoms with E-state index in [-0.39, 0.29) is 0 Å². The normalized spacial score (nSPS) is 31.4. The van der Waals surface area contributed by atoms with Crippen molar-refractivity contribution >= 4 is 23.2 Å². The van der Waals surface area contributed by atoms with Crippen molar-refractivity contribution in [3.8, 4) is 0 Å². The molecule has 1 saturated carbocycles. The highest BCUT2D eigenvalue weighted by Gasteiger charge is 2.38. The number of nitrogens with two attached hydrogens (primary N) is 1. The minimum atomic E-state index is 0.380. The Bertz CT molecular complexity index is 443. The molecule has 4 heteroatoms. The number of likely N-dealkylation sites (tertiary alicyclic amines) is 1. The molecule has 1 aliphatic carbocycles. The van der Waals surface area contributed by atoms with Gasteiger partial charge in [0, 0.05) is 41.3 Å². The highest BCUT2D eigenvalue weighted by Crippen LogP contribution is 2.37. The van der Waals surface area contributed by atoms with Crippen molar-refractivity contribution < 1.29 is 0 Å². The van der Waals surface area contributed by atoms with Gasteiger partial charge in [0.2, 0.25) is 0 Å². The van der Waals surface area contributed by atoms with Crippen LogP contribution >= 0.6 is 23.2 Å². The van der Waals surface area contributed by atoms with E-state index < -0.39 is 0 Å². The van der Waals surface area contributed by atoms with Crippen LogP contribution in [0, 0.1) is 11.8 Å². The molecule has 0 spiro atoms. The molecule has 3 unspecified atom stereocenters. The molecule has 0 amide bonds. The zero-order valence-electron chi connectivity index (χ0n) is 11.0. The van der Waals surface area contributed by atoms with E-state index in [1.807, 2.05) is 18.2 Å². The molecule has 2 aliphatic rings. The van der Waals surface area contributed by atoms with Crippen LogP contribution < -0.4 is 5.73 Å². The molecule has 1 aliphatic heterocycles. The summed E-state index contributed by atoms with van der Waals surface area (Å²) in [7, 11) is 0. The van der Waals surface area contributed by atoms with E-state index in [0.29, 0.717) is 12.0 Å². The summed E-state index contributed by atoms with van der Waals surface area (Å²) >= 11 is 12.5. The molecule has 0 aromatic heterocycles. The fraction of sp³-hybridized carbons (Fsp3) is 0.600. The summed E-state index contributed by atoms with van der Waals surface area (Å²) in [5.41, 5.74) is 7.31. The van der Waals surface area contributed by atoms with Crippen LogP contribution in [0.25, 0.3) is 0 Å². The topological polar surface area (TPSA) is 29.3 Å². The van der Waals surface area contributed by atoms with E-state index in [1.54, 1.807) is 0 Å². The van der Waals surface area contributed by atoms with Gasteiger partial charge in [0.05, 0.1) is 0 Å². The Morgan fingerprint density at radius 2 is 1.89 bits per heavy atom. The smallest absolute Gasteiger partial charge is 0.0465 e. The number of hydrogen-bond donors (Lipinski definition) is 1. The van der Waals surface area contributed by atoms with E-state index in [9.17, 15) is 0 Å². The third kappa shape index (κ3) is 2.78. The van der Waals surface area contributed by atoms with E-state index in [4.69, 9.17) is 28.9 Å². The van der Waals surface area contributed by atoms with Gasteiger partial charge in [-0.3, -0.25) is 4.90 Å². The summed E-state index contributed by atoms with van der Waals surface area (Å²) in [4.78, 5) is 2.47. The van der Waals surface area contributed by atoms with E-state index in [0.717, 1.165) is 41.2 Å². The largest absolute Gasteiger partial charge is 0.327 e. The van der Waals surface area contributed by atoms with Crippen LogP contribution in [0.2, 0.25) is 10.0 Å². The maximum Gasteiger partial charge on any atom is 0.0465 e. The first-order valence-electron chi connectivity index (χ1n) is 7.06. The molecular weight excluding hydrogens is 279 g/mol. The number of fused-ring (bicyclic) bond motifs is 1. The van der Waals surface area contributed by atoms with Crippen molar-refractivity contribution in [1.82, 2.24) is 4.90 Å². The Morgan fingerprint density at radius 3 is 2.58 bits per heavy atom. The van der Waals surface area contributed by atoms with Gasteiger partial charge in [0.25, 0.3) is 0 Å². The van der Waals surface area contributed by atoms with Crippen LogP contribution in [0.4, 0.5) is 0 Å². The van der Waals surface area contributed by atoms with Crippen molar-refractivity contribution in [3.05, 3.63) is 33.8 Å². The molecule has 1 aromatic rings. The zero-order valence-corrected chi connectivity index (χ0v) is 12.5. The molecule has 1 aromatic carbocycles. The monoisotopic (exact) mass is 298 g/mol. The van der Waals surface area contributed by atoms with Crippen LogP contribution in [0.15, 0.2) is 18.2 Å². The van der Waals surface area contributed by atoms with E-state index in [1.165, 1.54) is 19.3 Å². The predicted octanol–water partition coefficient (Wildman–Crippen LogP) is 3.55. The Balaban J connectivity index is 1.72. The van der Waals surface area contributed by atoms with Crippen molar-refractivity contribution in [3.63, 3.8) is 0 Å². The Labute approximate surface area is 124 Å². The first kappa shape index (κ1) is 13.7. The number of benzene rings is 1. The molecule has 0 radical (unpaired) electrons. The highest BCUT2D eigenvalue weighted by molar-refractivity contribution is 6.35. The minimum Gasteiger partial charge on any atom is -0.327 e. The second-order valence-corrected chi connectivity index (χ2v) is 6.73. The molecule has 104 valence electrons. The number of halogens is 2. The van der Waals surface area contributed by atoms with Gasteiger partial charge in [-0.1, -0.05) is 35.7 Å². The predicted molar refractivity (Wildman–Crippen MR) is 80.5 cm³/mol. The van der Waals surface area contributed by atoms with Gasteiger partial charge < -0.3 is 5.73 Å². The van der Waals surface area contributed by atoms with Crippen LogP contribution in [0.5, 0.6) is 0 Å². The maximum atomic E-state index is 6.26. The molecule has 2 fully saturated rings. The molecule has 19 heavy (non-hydrogen) atoms. The summed E-state index contributed by atoms with van der Waals surface area (Å²) in [6.07, 6.45) is 3.79. The lowest BCUT2D eigenvalue weighted by Crippen LogP contribution is -2.38. The van der Waals surface area contributed by atoms with Crippen molar-refractivity contribution in [2.24, 2.45) is 17.6 Å². The number of hydrogen-bond acceptors (Lipinski definition) is 2. The fourth-order valence-corrected chi connectivity index (χ4v) is 4.16. The lowest BCUT2D eigenvalue weighted by Gasteiger charge is -2.29. The summed E-state index contributed by atoms with van der Waals surface area (Å²) in [6, 6.07) is 6.11. The van der Waals surface area contributed by atoms with Gasteiger partial charge in [-0.2, -0.15) is 0 Å². The van der Waals surface area contributed by atoms with Gasteiger partial charge in [0.1, 0.15) is 0 Å². The molecule has 3 rings (SSSR count). The molecule has 3 atom stereocenters. The summed E-state index contributed by atoms with van der Waals surface area (Å²) in [6.45, 7) is 3.07. The molecule has 0 bridgehead atoms. The van der Waals surface area contributed by atoms with Crippen molar-refractivity contribution in [1.29, 1.82) is 0 Å². The van der Waals surface area contributed by atoms with Crippen molar-refractivity contribution in [2.45, 2.75) is 31.8 Å². The standard InChI is InChI=1S/C15H20Cl2N2/c16-13-4-2-5-14(17)12(13)9-19-7-10-3-1-6-15(18)11(10)8-19/h2,4-5,10-11,15H,1,3,6-9,18H2. The van der Waals surface area contributed by atoms with Crippen LogP contribution in [-0.2, 0) is 6.54 Å².